The summed E-state index contributed by atoms with van der Waals surface area (Å²) < 4.78 is 17.0. The minimum absolute atomic E-state index is 0.0789. The Hall–Kier alpha value is -3.15. The van der Waals surface area contributed by atoms with E-state index in [-0.39, 0.29) is 31.1 Å². The number of carbonyl (C=O) groups is 3. The van der Waals surface area contributed by atoms with Crippen LogP contribution in [0.15, 0.2) is 72.9 Å². The number of esters is 3. The number of hydrogen-bond acceptors (Lipinski definition) is 6. The van der Waals surface area contributed by atoms with Gasteiger partial charge in [0.25, 0.3) is 0 Å². The van der Waals surface area contributed by atoms with Gasteiger partial charge in [-0.2, -0.15) is 0 Å². The monoisotopic (exact) mass is 1130 g/mol. The molecular weight excluding hydrogens is 997 g/mol. The van der Waals surface area contributed by atoms with Gasteiger partial charge in [-0.3, -0.25) is 14.4 Å². The molecule has 0 bridgehead atoms. The molecule has 6 heteroatoms. The molecule has 0 aliphatic heterocycles. The van der Waals surface area contributed by atoms with Gasteiger partial charge in [-0.1, -0.05) is 306 Å². The van der Waals surface area contributed by atoms with E-state index in [1.165, 1.54) is 244 Å². The van der Waals surface area contributed by atoms with E-state index < -0.39 is 6.10 Å². The highest BCUT2D eigenvalue weighted by atomic mass is 16.6. The van der Waals surface area contributed by atoms with Crippen molar-refractivity contribution in [2.75, 3.05) is 13.2 Å². The zero-order valence-corrected chi connectivity index (χ0v) is 54.1. The summed E-state index contributed by atoms with van der Waals surface area (Å²) in [5, 5.41) is 0. The lowest BCUT2D eigenvalue weighted by Gasteiger charge is -2.18. The van der Waals surface area contributed by atoms with E-state index in [0.717, 1.165) is 83.5 Å². The van der Waals surface area contributed by atoms with E-state index in [4.69, 9.17) is 14.2 Å². The molecule has 0 rings (SSSR count). The molecule has 0 aromatic carbocycles. The molecule has 1 unspecified atom stereocenters. The Morgan fingerprint density at radius 2 is 0.444 bits per heavy atom. The van der Waals surface area contributed by atoms with Crippen LogP contribution in [-0.2, 0) is 28.6 Å². The predicted molar refractivity (Wildman–Crippen MR) is 353 cm³/mol. The average Bonchev–Trinajstić information content (AvgIpc) is 3.47. The molecule has 0 aliphatic rings. The molecule has 81 heavy (non-hydrogen) atoms. The molecule has 0 fully saturated rings. The van der Waals surface area contributed by atoms with Gasteiger partial charge in [0.05, 0.1) is 0 Å². The highest BCUT2D eigenvalue weighted by molar-refractivity contribution is 5.71. The highest BCUT2D eigenvalue weighted by Gasteiger charge is 2.19. The first kappa shape index (κ1) is 77.9. The Bertz CT molecular complexity index is 1490. The minimum atomic E-state index is -0.784. The van der Waals surface area contributed by atoms with Crippen molar-refractivity contribution in [2.45, 2.75) is 374 Å². The Morgan fingerprint density at radius 3 is 0.728 bits per heavy atom. The van der Waals surface area contributed by atoms with Crippen LogP contribution in [0.25, 0.3) is 0 Å². The zero-order valence-electron chi connectivity index (χ0n) is 54.1. The molecule has 6 nitrogen and oxygen atoms in total. The van der Waals surface area contributed by atoms with E-state index in [0.29, 0.717) is 19.3 Å². The third-order valence-corrected chi connectivity index (χ3v) is 15.7. The fourth-order valence-electron chi connectivity index (χ4n) is 10.3. The molecule has 0 amide bonds. The molecule has 0 saturated carbocycles. The Morgan fingerprint density at radius 1 is 0.247 bits per heavy atom. The summed E-state index contributed by atoms with van der Waals surface area (Å²) >= 11 is 0. The number of hydrogen-bond donors (Lipinski definition) is 0. The molecule has 0 N–H and O–H groups in total. The molecular formula is C75H134O6. The third-order valence-electron chi connectivity index (χ3n) is 15.7. The van der Waals surface area contributed by atoms with Crippen LogP contribution in [0.5, 0.6) is 0 Å². The maximum Gasteiger partial charge on any atom is 0.306 e. The summed E-state index contributed by atoms with van der Waals surface area (Å²) in [6.45, 7) is 6.65. The second-order valence-corrected chi connectivity index (χ2v) is 23.8. The number of unbranched alkanes of at least 4 members (excludes halogenated alkanes) is 42. The molecule has 0 aromatic heterocycles. The van der Waals surface area contributed by atoms with Gasteiger partial charge in [0, 0.05) is 19.3 Å². The first-order chi connectivity index (χ1) is 40.0. The van der Waals surface area contributed by atoms with Gasteiger partial charge in [-0.25, -0.2) is 0 Å². The molecule has 0 aliphatic carbocycles. The van der Waals surface area contributed by atoms with Crippen LogP contribution in [0.3, 0.4) is 0 Å². The number of ether oxygens (including phenoxy) is 3. The van der Waals surface area contributed by atoms with Gasteiger partial charge >= 0.3 is 17.9 Å². The maximum absolute atomic E-state index is 13.0. The summed E-state index contributed by atoms with van der Waals surface area (Å²) in [5.41, 5.74) is 0. The third kappa shape index (κ3) is 67.5. The molecule has 0 heterocycles. The number of rotatable bonds is 65. The van der Waals surface area contributed by atoms with Gasteiger partial charge < -0.3 is 14.2 Å². The van der Waals surface area contributed by atoms with E-state index >= 15 is 0 Å². The summed E-state index contributed by atoms with van der Waals surface area (Å²) in [6.07, 6.45) is 90.6. The minimum Gasteiger partial charge on any atom is -0.462 e. The van der Waals surface area contributed by atoms with Crippen molar-refractivity contribution in [1.82, 2.24) is 0 Å². The van der Waals surface area contributed by atoms with Crippen molar-refractivity contribution in [2.24, 2.45) is 0 Å². The number of carbonyl (C=O) groups excluding carboxylic acids is 3. The van der Waals surface area contributed by atoms with E-state index in [1.807, 2.05) is 0 Å². The molecule has 0 spiro atoms. The lowest BCUT2D eigenvalue weighted by molar-refractivity contribution is -0.167. The van der Waals surface area contributed by atoms with Crippen LogP contribution in [0.2, 0.25) is 0 Å². The van der Waals surface area contributed by atoms with Crippen molar-refractivity contribution in [3.8, 4) is 0 Å². The van der Waals surface area contributed by atoms with Crippen LogP contribution >= 0.6 is 0 Å². The van der Waals surface area contributed by atoms with E-state index in [9.17, 15) is 14.4 Å². The van der Waals surface area contributed by atoms with Gasteiger partial charge in [-0.05, 0) is 116 Å². The second-order valence-electron chi connectivity index (χ2n) is 23.8. The summed E-state index contributed by atoms with van der Waals surface area (Å²) in [5.74, 6) is -0.872. The molecule has 0 aromatic rings. The van der Waals surface area contributed by atoms with Crippen molar-refractivity contribution in [3.05, 3.63) is 72.9 Å². The fraction of sp³-hybridized carbons (Fsp3) is 0.800. The first-order valence-corrected chi connectivity index (χ1v) is 35.4. The summed E-state index contributed by atoms with van der Waals surface area (Å²) in [4.78, 5) is 38.5. The summed E-state index contributed by atoms with van der Waals surface area (Å²) in [6, 6.07) is 0. The lowest BCUT2D eigenvalue weighted by Crippen LogP contribution is -2.30. The Kier molecular flexibility index (Phi) is 66.6. The highest BCUT2D eigenvalue weighted by Crippen LogP contribution is 2.17. The van der Waals surface area contributed by atoms with Gasteiger partial charge in [0.2, 0.25) is 0 Å². The van der Waals surface area contributed by atoms with E-state index in [1.54, 1.807) is 0 Å². The standard InChI is InChI=1S/C75H134O6/c1-4-7-10-13-16-19-22-25-28-31-33-35-36-37-38-40-41-44-47-50-53-56-59-62-65-68-74(77)80-71-72(70-79-73(76)67-64-61-58-55-52-49-46-43-30-27-24-21-18-15-12-9-6-3)81-75(78)69-66-63-60-57-54-51-48-45-42-39-34-32-29-26-23-20-17-14-11-8-5-2/h18,21-22,25,27,30-34,36-37,72H,4-17,19-20,23-24,26,28-29,35,38-71H2,1-3H3/b21-18-,25-22-,30-27-,33-31-,34-32-,37-36-. The predicted octanol–water partition coefficient (Wildman–Crippen LogP) is 24.4. The lowest BCUT2D eigenvalue weighted by atomic mass is 10.0. The van der Waals surface area contributed by atoms with Gasteiger partial charge in [0.1, 0.15) is 13.2 Å². The second kappa shape index (κ2) is 69.3. The van der Waals surface area contributed by atoms with Crippen LogP contribution in [0.4, 0.5) is 0 Å². The molecule has 1 atom stereocenters. The fourth-order valence-corrected chi connectivity index (χ4v) is 10.3. The Labute approximate surface area is 503 Å². The SMILES string of the molecule is CCCCC/C=C\C/C=C\CCCCCCCCCC(=O)OCC(COC(=O)CCCCCCCCCCCC/C=C\C/C=C\C/C=C\CCCCCCC)OC(=O)CCCCCCCCCCC/C=C\CCCCCCCCCC. The normalized spacial score (nSPS) is 12.5. The maximum atomic E-state index is 13.0. The van der Waals surface area contributed by atoms with Crippen molar-refractivity contribution in [3.63, 3.8) is 0 Å². The van der Waals surface area contributed by atoms with Gasteiger partial charge in [-0.15, -0.1) is 0 Å². The van der Waals surface area contributed by atoms with Crippen LogP contribution < -0.4 is 0 Å². The van der Waals surface area contributed by atoms with Crippen molar-refractivity contribution in [1.29, 1.82) is 0 Å². The average molecular weight is 1130 g/mol. The quantitative estimate of drug-likeness (QED) is 0.0261. The van der Waals surface area contributed by atoms with Gasteiger partial charge in [0.15, 0.2) is 6.10 Å². The van der Waals surface area contributed by atoms with Crippen molar-refractivity contribution >= 4 is 17.9 Å². The van der Waals surface area contributed by atoms with E-state index in [2.05, 4.69) is 93.7 Å². The largest absolute Gasteiger partial charge is 0.462 e. The first-order valence-electron chi connectivity index (χ1n) is 35.4. The Balaban J connectivity index is 4.35. The van der Waals surface area contributed by atoms with Crippen LogP contribution in [0, 0.1) is 0 Å². The molecule has 0 saturated heterocycles. The van der Waals surface area contributed by atoms with Crippen LogP contribution in [0.1, 0.15) is 367 Å². The zero-order chi connectivity index (χ0) is 58.5. The topological polar surface area (TPSA) is 78.9 Å². The molecule has 0 radical (unpaired) electrons. The molecule has 470 valence electrons. The van der Waals surface area contributed by atoms with Crippen molar-refractivity contribution < 1.29 is 28.6 Å². The van der Waals surface area contributed by atoms with Crippen LogP contribution in [-0.4, -0.2) is 37.2 Å². The summed E-state index contributed by atoms with van der Waals surface area (Å²) in [7, 11) is 0. The smallest absolute Gasteiger partial charge is 0.306 e. The number of allylic oxidation sites excluding steroid dienone is 12.